The van der Waals surface area contributed by atoms with E-state index in [1.54, 1.807) is 54.6 Å². The molecule has 2 amide bonds. The third-order valence-corrected chi connectivity index (χ3v) is 8.32. The van der Waals surface area contributed by atoms with Gasteiger partial charge < -0.3 is 30.0 Å². The van der Waals surface area contributed by atoms with E-state index in [1.165, 1.54) is 44.6 Å². The summed E-state index contributed by atoms with van der Waals surface area (Å²) in [6.45, 7) is 2.79. The second-order valence-electron chi connectivity index (χ2n) is 12.2. The number of carboxylic acid groups (broad SMARTS) is 1. The summed E-state index contributed by atoms with van der Waals surface area (Å²) in [5, 5.41) is 16.1. The molecule has 0 radical (unpaired) electrons. The minimum absolute atomic E-state index is 0.0708. The molecule has 0 fully saturated rings. The number of hydrogen-bond acceptors (Lipinski definition) is 8. The zero-order valence-electron chi connectivity index (χ0n) is 29.1. The number of nitrogens with one attached hydrogen (secondary N) is 2. The lowest BCUT2D eigenvalue weighted by atomic mass is 10.0. The molecule has 1 aromatic heterocycles. The number of aliphatic carboxylic acids is 1. The fourth-order valence-electron chi connectivity index (χ4n) is 5.43. The number of amides is 2. The van der Waals surface area contributed by atoms with Crippen molar-refractivity contribution < 1.29 is 38.5 Å². The van der Waals surface area contributed by atoms with Gasteiger partial charge in [0.15, 0.2) is 11.5 Å². The summed E-state index contributed by atoms with van der Waals surface area (Å²) in [4.78, 5) is 55.2. The van der Waals surface area contributed by atoms with E-state index in [9.17, 15) is 24.3 Å². The number of anilines is 1. The van der Waals surface area contributed by atoms with Crippen LogP contribution in [0.15, 0.2) is 103 Å². The molecule has 0 saturated heterocycles. The van der Waals surface area contributed by atoms with Gasteiger partial charge in [0, 0.05) is 23.1 Å². The first-order chi connectivity index (χ1) is 25.2. The summed E-state index contributed by atoms with van der Waals surface area (Å²) in [6.07, 6.45) is 5.63. The average molecular weight is 704 g/mol. The van der Waals surface area contributed by atoms with E-state index in [4.69, 9.17) is 14.2 Å². The van der Waals surface area contributed by atoms with Crippen molar-refractivity contribution >= 4 is 40.3 Å². The van der Waals surface area contributed by atoms with Crippen LogP contribution in [0.3, 0.4) is 0 Å². The van der Waals surface area contributed by atoms with Crippen LogP contribution in [-0.4, -0.2) is 53.6 Å². The third kappa shape index (κ3) is 10.2. The lowest BCUT2D eigenvalue weighted by molar-refractivity contribution is -0.139. The lowest BCUT2D eigenvalue weighted by Crippen LogP contribution is -2.42. The van der Waals surface area contributed by atoms with Gasteiger partial charge in [-0.15, -0.1) is 0 Å². The standard InChI is InChI=1S/C41H41N3O8/c1-3-4-5-6-9-24-51-32-20-15-30(16-21-32)41(49)52-36-23-12-27(26-37(36)50-2)25-35(40(47)48)44-38(45)29-13-18-31(19-14-29)42-39(46)34-22-17-28-10-7-8-11-33(28)43-34/h7-8,10-23,26,35H,3-6,9,24-25H2,1-2H3,(H,42,46)(H,44,45)(H,47,48). The van der Waals surface area contributed by atoms with E-state index in [0.717, 1.165) is 18.2 Å². The zero-order valence-corrected chi connectivity index (χ0v) is 29.1. The number of hydrogen-bond donors (Lipinski definition) is 3. The van der Waals surface area contributed by atoms with Crippen molar-refractivity contribution in [3.8, 4) is 17.2 Å². The SMILES string of the molecule is CCCCCCCOc1ccc(C(=O)Oc2ccc(CC(NC(=O)c3ccc(NC(=O)c4ccc5ccccc5n4)cc3)C(=O)O)cc2OC)cc1. The summed E-state index contributed by atoms with van der Waals surface area (Å²) in [6, 6.07) is 27.1. The fraction of sp³-hybridized carbons (Fsp3) is 0.244. The van der Waals surface area contributed by atoms with E-state index >= 15 is 0 Å². The lowest BCUT2D eigenvalue weighted by Gasteiger charge is -2.16. The number of carbonyl (C=O) groups is 4. The van der Waals surface area contributed by atoms with Gasteiger partial charge in [-0.05, 0) is 84.8 Å². The molecule has 5 rings (SSSR count). The molecular formula is C41H41N3O8. The van der Waals surface area contributed by atoms with Gasteiger partial charge in [0.1, 0.15) is 17.5 Å². The average Bonchev–Trinajstić information content (AvgIpc) is 3.16. The number of carbonyl (C=O) groups excluding carboxylic acids is 3. The second-order valence-corrected chi connectivity index (χ2v) is 12.2. The molecule has 11 heteroatoms. The molecule has 1 atom stereocenters. The van der Waals surface area contributed by atoms with Crippen molar-refractivity contribution in [2.24, 2.45) is 0 Å². The molecule has 1 unspecified atom stereocenters. The number of pyridine rings is 1. The highest BCUT2D eigenvalue weighted by Gasteiger charge is 2.23. The quantitative estimate of drug-likeness (QED) is 0.0508. The maximum atomic E-state index is 13.0. The number of rotatable bonds is 17. The highest BCUT2D eigenvalue weighted by Crippen LogP contribution is 2.30. The van der Waals surface area contributed by atoms with Gasteiger partial charge in [0.05, 0.1) is 24.8 Å². The van der Waals surface area contributed by atoms with Gasteiger partial charge in [0.25, 0.3) is 11.8 Å². The van der Waals surface area contributed by atoms with E-state index in [1.807, 2.05) is 30.3 Å². The molecule has 0 aliphatic carbocycles. The molecule has 52 heavy (non-hydrogen) atoms. The number of nitrogens with zero attached hydrogens (tertiary/aromatic N) is 1. The number of benzene rings is 4. The number of methoxy groups -OCH3 is 1. The van der Waals surface area contributed by atoms with Crippen molar-refractivity contribution in [3.63, 3.8) is 0 Å². The molecule has 5 aromatic rings. The van der Waals surface area contributed by atoms with Crippen molar-refractivity contribution in [1.29, 1.82) is 0 Å². The third-order valence-electron chi connectivity index (χ3n) is 8.32. The molecule has 268 valence electrons. The Balaban J connectivity index is 1.15. The van der Waals surface area contributed by atoms with E-state index in [-0.39, 0.29) is 29.2 Å². The maximum Gasteiger partial charge on any atom is 0.343 e. The second kappa shape index (κ2) is 18.1. The number of fused-ring (bicyclic) bond motifs is 1. The summed E-state index contributed by atoms with van der Waals surface area (Å²) < 4.78 is 16.8. The monoisotopic (exact) mass is 703 g/mol. The van der Waals surface area contributed by atoms with Crippen LogP contribution in [0.2, 0.25) is 0 Å². The predicted molar refractivity (Wildman–Crippen MR) is 197 cm³/mol. The molecule has 0 aliphatic rings. The van der Waals surface area contributed by atoms with Gasteiger partial charge in [0.2, 0.25) is 0 Å². The number of carboxylic acids is 1. The molecule has 0 spiro atoms. The highest BCUT2D eigenvalue weighted by molar-refractivity contribution is 6.04. The van der Waals surface area contributed by atoms with E-state index in [0.29, 0.717) is 34.7 Å². The smallest absolute Gasteiger partial charge is 0.343 e. The van der Waals surface area contributed by atoms with Crippen molar-refractivity contribution in [2.45, 2.75) is 51.5 Å². The minimum atomic E-state index is -1.28. The molecule has 0 saturated carbocycles. The molecule has 4 aromatic carbocycles. The Labute approximate surface area is 301 Å². The number of para-hydroxylation sites is 1. The first-order valence-corrected chi connectivity index (χ1v) is 17.2. The van der Waals surface area contributed by atoms with Crippen molar-refractivity contribution in [3.05, 3.63) is 126 Å². The van der Waals surface area contributed by atoms with Gasteiger partial charge in [-0.2, -0.15) is 0 Å². The van der Waals surface area contributed by atoms with Crippen LogP contribution in [0.5, 0.6) is 17.2 Å². The number of unbranched alkanes of at least 4 members (excludes halogenated alkanes) is 4. The van der Waals surface area contributed by atoms with Crippen LogP contribution in [0, 0.1) is 0 Å². The molecular weight excluding hydrogens is 662 g/mol. The molecule has 11 nitrogen and oxygen atoms in total. The molecule has 0 aliphatic heterocycles. The van der Waals surface area contributed by atoms with Gasteiger partial charge in [-0.3, -0.25) is 9.59 Å². The first-order valence-electron chi connectivity index (χ1n) is 17.2. The predicted octanol–water partition coefficient (Wildman–Crippen LogP) is 7.49. The Hall–Kier alpha value is -6.23. The topological polar surface area (TPSA) is 153 Å². The number of ether oxygens (including phenoxy) is 3. The summed E-state index contributed by atoms with van der Waals surface area (Å²) in [7, 11) is 1.41. The first kappa shape index (κ1) is 37.0. The maximum absolute atomic E-state index is 13.0. The summed E-state index contributed by atoms with van der Waals surface area (Å²) in [5.74, 6) is -1.80. The van der Waals surface area contributed by atoms with E-state index in [2.05, 4.69) is 22.5 Å². The van der Waals surface area contributed by atoms with Gasteiger partial charge in [-0.25, -0.2) is 14.6 Å². The largest absolute Gasteiger partial charge is 0.494 e. The number of aromatic nitrogens is 1. The van der Waals surface area contributed by atoms with Crippen molar-refractivity contribution in [1.82, 2.24) is 10.3 Å². The van der Waals surface area contributed by atoms with Crippen molar-refractivity contribution in [2.75, 3.05) is 19.0 Å². The Kier molecular flexibility index (Phi) is 12.9. The van der Waals surface area contributed by atoms with Crippen LogP contribution in [-0.2, 0) is 11.2 Å². The molecule has 1 heterocycles. The Bertz CT molecular complexity index is 2010. The molecule has 3 N–H and O–H groups in total. The summed E-state index contributed by atoms with van der Waals surface area (Å²) in [5.41, 5.74) is 2.43. The zero-order chi connectivity index (χ0) is 36.9. The normalized spacial score (nSPS) is 11.3. The van der Waals surface area contributed by atoms with Crippen LogP contribution in [0.1, 0.15) is 75.8 Å². The van der Waals surface area contributed by atoms with Crippen LogP contribution < -0.4 is 24.8 Å². The fourth-order valence-corrected chi connectivity index (χ4v) is 5.43. The summed E-state index contributed by atoms with van der Waals surface area (Å²) >= 11 is 0. The van der Waals surface area contributed by atoms with Gasteiger partial charge >= 0.3 is 11.9 Å². The van der Waals surface area contributed by atoms with Gasteiger partial charge in [-0.1, -0.05) is 62.9 Å². The Morgan fingerprint density at radius 3 is 2.23 bits per heavy atom. The van der Waals surface area contributed by atoms with Crippen LogP contribution >= 0.6 is 0 Å². The minimum Gasteiger partial charge on any atom is -0.494 e. The van der Waals surface area contributed by atoms with E-state index < -0.39 is 29.8 Å². The Morgan fingerprint density at radius 1 is 0.769 bits per heavy atom. The molecule has 0 bridgehead atoms. The highest BCUT2D eigenvalue weighted by atomic mass is 16.6. The number of esters is 1. The van der Waals surface area contributed by atoms with Crippen LogP contribution in [0.4, 0.5) is 5.69 Å². The van der Waals surface area contributed by atoms with Crippen LogP contribution in [0.25, 0.3) is 10.9 Å². The Morgan fingerprint density at radius 2 is 1.50 bits per heavy atom.